The van der Waals surface area contributed by atoms with E-state index < -0.39 is 0 Å². The van der Waals surface area contributed by atoms with Crippen LogP contribution in [-0.4, -0.2) is 44.0 Å². The van der Waals surface area contributed by atoms with E-state index >= 15 is 0 Å². The Hall–Kier alpha value is -2.04. The number of methoxy groups -OCH3 is 1. The van der Waals surface area contributed by atoms with Gasteiger partial charge >= 0.3 is 0 Å². The van der Waals surface area contributed by atoms with E-state index in [1.807, 2.05) is 0 Å². The Bertz CT molecular complexity index is 471. The zero-order valence-corrected chi connectivity index (χ0v) is 13.3. The van der Waals surface area contributed by atoms with Gasteiger partial charge in [-0.25, -0.2) is 0 Å². The van der Waals surface area contributed by atoms with Crippen LogP contribution >= 0.6 is 0 Å². The third-order valence-corrected chi connectivity index (χ3v) is 3.33. The third kappa shape index (κ3) is 5.10. The smallest absolute Gasteiger partial charge is 0.242 e. The highest BCUT2D eigenvalue weighted by Crippen LogP contribution is 2.19. The molecule has 0 heterocycles. The highest BCUT2D eigenvalue weighted by Gasteiger charge is 2.18. The number of anilines is 1. The Kier molecular flexibility index (Phi) is 6.72. The quantitative estimate of drug-likeness (QED) is 0.775. The standard InChI is InChI=1S/C16H24N2O3/c1-5-6-11-17(3)16(20)12-18(13(2)19)14-7-9-15(21-4)10-8-14/h7-10H,5-6,11-12H2,1-4H3. The summed E-state index contributed by atoms with van der Waals surface area (Å²) < 4.78 is 5.09. The molecule has 2 amide bonds. The van der Waals surface area contributed by atoms with Crippen LogP contribution in [0, 0.1) is 0 Å². The first-order valence-corrected chi connectivity index (χ1v) is 7.15. The average Bonchev–Trinajstić information content (AvgIpc) is 2.49. The minimum atomic E-state index is -0.155. The first-order valence-electron chi connectivity index (χ1n) is 7.15. The van der Waals surface area contributed by atoms with Gasteiger partial charge in [0.25, 0.3) is 0 Å². The Morgan fingerprint density at radius 3 is 2.29 bits per heavy atom. The summed E-state index contributed by atoms with van der Waals surface area (Å²) in [5.41, 5.74) is 0.695. The van der Waals surface area contributed by atoms with Gasteiger partial charge in [-0.05, 0) is 30.7 Å². The lowest BCUT2D eigenvalue weighted by molar-refractivity contribution is -0.130. The molecule has 1 rings (SSSR count). The van der Waals surface area contributed by atoms with Crippen LogP contribution in [-0.2, 0) is 9.59 Å². The van der Waals surface area contributed by atoms with Crippen LogP contribution in [0.4, 0.5) is 5.69 Å². The second-order valence-corrected chi connectivity index (χ2v) is 4.97. The van der Waals surface area contributed by atoms with E-state index in [1.54, 1.807) is 43.3 Å². The molecule has 0 N–H and O–H groups in total. The van der Waals surface area contributed by atoms with Gasteiger partial charge in [0, 0.05) is 26.2 Å². The summed E-state index contributed by atoms with van der Waals surface area (Å²) in [6, 6.07) is 7.10. The second kappa shape index (κ2) is 8.29. The van der Waals surface area contributed by atoms with Gasteiger partial charge in [0.15, 0.2) is 0 Å². The molecule has 0 spiro atoms. The molecule has 0 aromatic heterocycles. The maximum Gasteiger partial charge on any atom is 0.242 e. The predicted octanol–water partition coefficient (Wildman–Crippen LogP) is 2.31. The molecule has 21 heavy (non-hydrogen) atoms. The number of benzene rings is 1. The number of likely N-dealkylation sites (N-methyl/N-ethyl adjacent to an activating group) is 1. The first kappa shape index (κ1) is 17.0. The Morgan fingerprint density at radius 1 is 1.19 bits per heavy atom. The average molecular weight is 292 g/mol. The summed E-state index contributed by atoms with van der Waals surface area (Å²) in [6.07, 6.45) is 2.00. The van der Waals surface area contributed by atoms with Crippen LogP contribution in [0.1, 0.15) is 26.7 Å². The van der Waals surface area contributed by atoms with Gasteiger partial charge in [-0.2, -0.15) is 0 Å². The van der Waals surface area contributed by atoms with Crippen molar-refractivity contribution in [3.8, 4) is 5.75 Å². The predicted molar refractivity (Wildman–Crippen MR) is 83.6 cm³/mol. The fourth-order valence-corrected chi connectivity index (χ4v) is 1.92. The van der Waals surface area contributed by atoms with Crippen molar-refractivity contribution in [1.29, 1.82) is 0 Å². The van der Waals surface area contributed by atoms with E-state index in [0.29, 0.717) is 18.0 Å². The molecule has 0 bridgehead atoms. The lowest BCUT2D eigenvalue weighted by Gasteiger charge is -2.24. The highest BCUT2D eigenvalue weighted by atomic mass is 16.5. The molecule has 0 radical (unpaired) electrons. The molecule has 0 saturated heterocycles. The van der Waals surface area contributed by atoms with Gasteiger partial charge < -0.3 is 14.5 Å². The fourth-order valence-electron chi connectivity index (χ4n) is 1.92. The molecule has 0 aliphatic heterocycles. The topological polar surface area (TPSA) is 49.9 Å². The SMILES string of the molecule is CCCCN(C)C(=O)CN(C(C)=O)c1ccc(OC)cc1. The molecule has 116 valence electrons. The summed E-state index contributed by atoms with van der Waals surface area (Å²) in [5, 5.41) is 0. The molecule has 0 fully saturated rings. The first-order chi connectivity index (χ1) is 9.99. The van der Waals surface area contributed by atoms with Crippen LogP contribution in [0.3, 0.4) is 0 Å². The molecule has 1 aromatic rings. The van der Waals surface area contributed by atoms with E-state index in [-0.39, 0.29) is 18.4 Å². The van der Waals surface area contributed by atoms with E-state index in [2.05, 4.69) is 6.92 Å². The minimum absolute atomic E-state index is 0.0574. The largest absolute Gasteiger partial charge is 0.497 e. The third-order valence-electron chi connectivity index (χ3n) is 3.33. The molecule has 0 aliphatic rings. The molecule has 0 aliphatic carbocycles. The van der Waals surface area contributed by atoms with Crippen LogP contribution < -0.4 is 9.64 Å². The van der Waals surface area contributed by atoms with Gasteiger partial charge in [0.05, 0.1) is 7.11 Å². The van der Waals surface area contributed by atoms with Crippen LogP contribution in [0.5, 0.6) is 5.75 Å². The van der Waals surface area contributed by atoms with E-state index in [1.165, 1.54) is 11.8 Å². The number of carbonyl (C=O) groups excluding carboxylic acids is 2. The summed E-state index contributed by atoms with van der Waals surface area (Å²) in [7, 11) is 3.36. The van der Waals surface area contributed by atoms with Crippen LogP contribution in [0.2, 0.25) is 0 Å². The number of carbonyl (C=O) groups is 2. The molecular weight excluding hydrogens is 268 g/mol. The summed E-state index contributed by atoms with van der Waals surface area (Å²) in [6.45, 7) is 4.31. The zero-order valence-electron chi connectivity index (χ0n) is 13.3. The van der Waals surface area contributed by atoms with Gasteiger partial charge in [0.2, 0.25) is 11.8 Å². The van der Waals surface area contributed by atoms with E-state index in [9.17, 15) is 9.59 Å². The Labute approximate surface area is 126 Å². The van der Waals surface area contributed by atoms with Gasteiger partial charge in [0.1, 0.15) is 12.3 Å². The van der Waals surface area contributed by atoms with Crippen molar-refractivity contribution in [1.82, 2.24) is 4.90 Å². The Morgan fingerprint density at radius 2 is 1.81 bits per heavy atom. The van der Waals surface area contributed by atoms with Crippen LogP contribution in [0.25, 0.3) is 0 Å². The number of unbranched alkanes of at least 4 members (excludes halogenated alkanes) is 1. The molecule has 0 unspecified atom stereocenters. The summed E-state index contributed by atoms with van der Waals surface area (Å²) in [5.74, 6) is 0.500. The maximum atomic E-state index is 12.2. The van der Waals surface area contributed by atoms with Gasteiger partial charge in [-0.15, -0.1) is 0 Å². The number of ether oxygens (including phenoxy) is 1. The normalized spacial score (nSPS) is 10.1. The van der Waals surface area contributed by atoms with Crippen LogP contribution in [0.15, 0.2) is 24.3 Å². The number of hydrogen-bond donors (Lipinski definition) is 0. The zero-order chi connectivity index (χ0) is 15.8. The van der Waals surface area contributed by atoms with E-state index in [4.69, 9.17) is 4.74 Å². The van der Waals surface area contributed by atoms with Gasteiger partial charge in [-0.1, -0.05) is 13.3 Å². The summed E-state index contributed by atoms with van der Waals surface area (Å²) in [4.78, 5) is 27.1. The lowest BCUT2D eigenvalue weighted by Crippen LogP contribution is -2.41. The number of hydrogen-bond acceptors (Lipinski definition) is 3. The second-order valence-electron chi connectivity index (χ2n) is 4.97. The van der Waals surface area contributed by atoms with Crippen molar-refractivity contribution >= 4 is 17.5 Å². The number of rotatable bonds is 7. The monoisotopic (exact) mass is 292 g/mol. The molecular formula is C16H24N2O3. The molecule has 5 heteroatoms. The van der Waals surface area contributed by atoms with Crippen molar-refractivity contribution in [3.05, 3.63) is 24.3 Å². The molecule has 1 aromatic carbocycles. The maximum absolute atomic E-state index is 12.2. The van der Waals surface area contributed by atoms with Gasteiger partial charge in [-0.3, -0.25) is 9.59 Å². The fraction of sp³-hybridized carbons (Fsp3) is 0.500. The van der Waals surface area contributed by atoms with Crippen molar-refractivity contribution in [2.45, 2.75) is 26.7 Å². The van der Waals surface area contributed by atoms with Crippen molar-refractivity contribution in [2.24, 2.45) is 0 Å². The van der Waals surface area contributed by atoms with E-state index in [0.717, 1.165) is 12.8 Å². The van der Waals surface area contributed by atoms with Crippen molar-refractivity contribution in [2.75, 3.05) is 32.1 Å². The highest BCUT2D eigenvalue weighted by molar-refractivity contribution is 5.97. The van der Waals surface area contributed by atoms with Crippen molar-refractivity contribution in [3.63, 3.8) is 0 Å². The molecule has 0 saturated carbocycles. The lowest BCUT2D eigenvalue weighted by atomic mass is 10.2. The number of nitrogens with zero attached hydrogens (tertiary/aromatic N) is 2. The summed E-state index contributed by atoms with van der Waals surface area (Å²) >= 11 is 0. The Balaban J connectivity index is 2.77. The minimum Gasteiger partial charge on any atom is -0.497 e. The molecule has 5 nitrogen and oxygen atoms in total. The molecule has 0 atom stereocenters. The van der Waals surface area contributed by atoms with Crippen molar-refractivity contribution < 1.29 is 14.3 Å². The number of amides is 2.